The summed E-state index contributed by atoms with van der Waals surface area (Å²) in [7, 11) is 3.22. The number of benzene rings is 1. The van der Waals surface area contributed by atoms with Gasteiger partial charge in [-0.25, -0.2) is 0 Å². The third-order valence-electron chi connectivity index (χ3n) is 4.49. The Kier molecular flexibility index (Phi) is 6.33. The number of aryl methyl sites for hydroxylation is 2. The van der Waals surface area contributed by atoms with E-state index in [9.17, 15) is 9.59 Å². The smallest absolute Gasteiger partial charge is 0.318 e. The molecule has 0 radical (unpaired) electrons. The van der Waals surface area contributed by atoms with Gasteiger partial charge in [-0.3, -0.25) is 14.3 Å². The minimum Gasteiger partial charge on any atom is -0.468 e. The highest BCUT2D eigenvalue weighted by atomic mass is 16.5. The van der Waals surface area contributed by atoms with Gasteiger partial charge >= 0.3 is 5.97 Å². The molecule has 0 aliphatic heterocycles. The maximum atomic E-state index is 12.5. The molecule has 0 bridgehead atoms. The summed E-state index contributed by atoms with van der Waals surface area (Å²) in [6.45, 7) is 2.14. The summed E-state index contributed by atoms with van der Waals surface area (Å²) in [6.07, 6.45) is 5.14. The second kappa shape index (κ2) is 8.46. The zero-order valence-corrected chi connectivity index (χ0v) is 15.0. The van der Waals surface area contributed by atoms with Crippen LogP contribution in [0.15, 0.2) is 42.7 Å². The number of esters is 1. The Morgan fingerprint density at radius 2 is 2.00 bits per heavy atom. The average molecular weight is 343 g/mol. The summed E-state index contributed by atoms with van der Waals surface area (Å²) >= 11 is 0. The number of hydrogen-bond acceptors (Lipinski definition) is 4. The fourth-order valence-corrected chi connectivity index (χ4v) is 2.91. The molecule has 1 N–H and O–H groups in total. The fraction of sp³-hybridized carbons (Fsp3) is 0.421. The molecule has 6 nitrogen and oxygen atoms in total. The number of rotatable bonds is 8. The van der Waals surface area contributed by atoms with E-state index in [-0.39, 0.29) is 18.4 Å². The Morgan fingerprint density at radius 1 is 1.28 bits per heavy atom. The lowest BCUT2D eigenvalue weighted by Gasteiger charge is -2.30. The SMILES string of the molecule is CC[C@](CNC(=O)CCc1cnn(C)c1)(C(=O)OC)c1ccccc1. The van der Waals surface area contributed by atoms with E-state index in [4.69, 9.17) is 4.74 Å². The van der Waals surface area contributed by atoms with Crippen LogP contribution in [-0.4, -0.2) is 35.3 Å². The molecule has 0 saturated heterocycles. The van der Waals surface area contributed by atoms with Crippen LogP contribution in [0.1, 0.15) is 30.9 Å². The van der Waals surface area contributed by atoms with Crippen LogP contribution in [0, 0.1) is 0 Å². The van der Waals surface area contributed by atoms with Crippen LogP contribution in [0.4, 0.5) is 0 Å². The number of amides is 1. The minimum absolute atomic E-state index is 0.0958. The maximum absolute atomic E-state index is 12.5. The average Bonchev–Trinajstić information content (AvgIpc) is 3.06. The summed E-state index contributed by atoms with van der Waals surface area (Å²) in [4.78, 5) is 24.7. The highest BCUT2D eigenvalue weighted by Crippen LogP contribution is 2.29. The number of carbonyl (C=O) groups is 2. The number of hydrogen-bond donors (Lipinski definition) is 1. The normalized spacial score (nSPS) is 13.1. The molecule has 0 spiro atoms. The van der Waals surface area contributed by atoms with Gasteiger partial charge in [-0.05, 0) is 24.0 Å². The van der Waals surface area contributed by atoms with E-state index >= 15 is 0 Å². The molecule has 134 valence electrons. The number of carbonyl (C=O) groups excluding carboxylic acids is 2. The summed E-state index contributed by atoms with van der Waals surface area (Å²) in [5, 5.41) is 6.99. The molecular weight excluding hydrogens is 318 g/mol. The topological polar surface area (TPSA) is 73.2 Å². The van der Waals surface area contributed by atoms with Crippen LogP contribution < -0.4 is 5.32 Å². The molecule has 0 saturated carbocycles. The van der Waals surface area contributed by atoms with Gasteiger partial charge in [-0.2, -0.15) is 5.10 Å². The Morgan fingerprint density at radius 3 is 2.56 bits per heavy atom. The number of nitrogens with zero attached hydrogens (tertiary/aromatic N) is 2. The standard InChI is InChI=1S/C19H25N3O3/c1-4-19(18(24)25-3,16-8-6-5-7-9-16)14-20-17(23)11-10-15-12-21-22(2)13-15/h5-9,12-13H,4,10-11,14H2,1-3H3,(H,20,23)/t19-/m1/s1. The molecule has 0 aliphatic carbocycles. The molecule has 1 aromatic heterocycles. The molecule has 1 amide bonds. The zero-order chi connectivity index (χ0) is 18.3. The number of nitrogens with one attached hydrogen (secondary N) is 1. The lowest BCUT2D eigenvalue weighted by Crippen LogP contribution is -2.47. The van der Waals surface area contributed by atoms with E-state index in [1.54, 1.807) is 10.9 Å². The minimum atomic E-state index is -0.875. The van der Waals surface area contributed by atoms with Crippen LogP contribution >= 0.6 is 0 Å². The molecule has 2 rings (SSSR count). The molecule has 1 atom stereocenters. The number of methoxy groups -OCH3 is 1. The third-order valence-corrected chi connectivity index (χ3v) is 4.49. The molecule has 0 unspecified atom stereocenters. The maximum Gasteiger partial charge on any atom is 0.318 e. The first-order valence-electron chi connectivity index (χ1n) is 8.40. The summed E-state index contributed by atoms with van der Waals surface area (Å²) in [6, 6.07) is 9.44. The van der Waals surface area contributed by atoms with E-state index in [1.807, 2.05) is 50.5 Å². The lowest BCUT2D eigenvalue weighted by molar-refractivity contribution is -0.147. The quantitative estimate of drug-likeness (QED) is 0.744. The second-order valence-corrected chi connectivity index (χ2v) is 6.09. The van der Waals surface area contributed by atoms with Crippen molar-refractivity contribution in [3.8, 4) is 0 Å². The van der Waals surface area contributed by atoms with Crippen LogP contribution in [-0.2, 0) is 33.2 Å². The van der Waals surface area contributed by atoms with E-state index in [2.05, 4.69) is 10.4 Å². The Hall–Kier alpha value is -2.63. The van der Waals surface area contributed by atoms with Crippen molar-refractivity contribution in [2.45, 2.75) is 31.6 Å². The molecule has 6 heteroatoms. The van der Waals surface area contributed by atoms with Crippen molar-refractivity contribution in [3.63, 3.8) is 0 Å². The first-order valence-corrected chi connectivity index (χ1v) is 8.40. The molecule has 25 heavy (non-hydrogen) atoms. The van der Waals surface area contributed by atoms with Gasteiger partial charge in [0.15, 0.2) is 0 Å². The van der Waals surface area contributed by atoms with E-state index in [1.165, 1.54) is 7.11 Å². The molecule has 1 heterocycles. The molecule has 0 fully saturated rings. The van der Waals surface area contributed by atoms with Crippen molar-refractivity contribution in [1.29, 1.82) is 0 Å². The highest BCUT2D eigenvalue weighted by Gasteiger charge is 2.40. The van der Waals surface area contributed by atoms with Gasteiger partial charge in [0.25, 0.3) is 0 Å². The fourth-order valence-electron chi connectivity index (χ4n) is 2.91. The number of aromatic nitrogens is 2. The summed E-state index contributed by atoms with van der Waals surface area (Å²) in [5.41, 5.74) is 0.979. The van der Waals surface area contributed by atoms with Crippen LogP contribution in [0.5, 0.6) is 0 Å². The van der Waals surface area contributed by atoms with E-state index in [0.717, 1.165) is 11.1 Å². The Bertz CT molecular complexity index is 712. The second-order valence-electron chi connectivity index (χ2n) is 6.09. The van der Waals surface area contributed by atoms with Crippen LogP contribution in [0.3, 0.4) is 0 Å². The van der Waals surface area contributed by atoms with Gasteiger partial charge in [0.2, 0.25) is 5.91 Å². The summed E-state index contributed by atoms with van der Waals surface area (Å²) < 4.78 is 6.73. The van der Waals surface area contributed by atoms with Crippen molar-refractivity contribution in [2.24, 2.45) is 7.05 Å². The van der Waals surface area contributed by atoms with Gasteiger partial charge in [-0.15, -0.1) is 0 Å². The van der Waals surface area contributed by atoms with Crippen molar-refractivity contribution in [3.05, 3.63) is 53.9 Å². The Balaban J connectivity index is 2.04. The molecule has 2 aromatic rings. The molecule has 1 aromatic carbocycles. The first kappa shape index (κ1) is 18.7. The predicted molar refractivity (Wildman–Crippen MR) is 95.0 cm³/mol. The Labute approximate surface area is 148 Å². The van der Waals surface area contributed by atoms with Crippen molar-refractivity contribution in [1.82, 2.24) is 15.1 Å². The van der Waals surface area contributed by atoms with Crippen LogP contribution in [0.25, 0.3) is 0 Å². The third kappa shape index (κ3) is 4.47. The van der Waals surface area contributed by atoms with Gasteiger partial charge in [0, 0.05) is 26.2 Å². The zero-order valence-electron chi connectivity index (χ0n) is 15.0. The van der Waals surface area contributed by atoms with Crippen LogP contribution in [0.2, 0.25) is 0 Å². The van der Waals surface area contributed by atoms with E-state index < -0.39 is 5.41 Å². The lowest BCUT2D eigenvalue weighted by atomic mass is 9.78. The van der Waals surface area contributed by atoms with Crippen molar-refractivity contribution < 1.29 is 14.3 Å². The van der Waals surface area contributed by atoms with Gasteiger partial charge in [-0.1, -0.05) is 37.3 Å². The summed E-state index contributed by atoms with van der Waals surface area (Å²) in [5.74, 6) is -0.435. The van der Waals surface area contributed by atoms with Gasteiger partial charge < -0.3 is 10.1 Å². The number of ether oxygens (including phenoxy) is 1. The van der Waals surface area contributed by atoms with Gasteiger partial charge in [0.1, 0.15) is 5.41 Å². The van der Waals surface area contributed by atoms with Crippen molar-refractivity contribution in [2.75, 3.05) is 13.7 Å². The van der Waals surface area contributed by atoms with Crippen molar-refractivity contribution >= 4 is 11.9 Å². The van der Waals surface area contributed by atoms with Gasteiger partial charge in [0.05, 0.1) is 13.3 Å². The largest absolute Gasteiger partial charge is 0.468 e. The highest BCUT2D eigenvalue weighted by molar-refractivity contribution is 5.85. The molecular formula is C19H25N3O3. The van der Waals surface area contributed by atoms with E-state index in [0.29, 0.717) is 19.3 Å². The first-order chi connectivity index (χ1) is 12.0. The molecule has 0 aliphatic rings. The predicted octanol–water partition coefficient (Wildman–Crippen LogP) is 1.99. The monoisotopic (exact) mass is 343 g/mol.